The zero-order valence-corrected chi connectivity index (χ0v) is 18.4. The summed E-state index contributed by atoms with van der Waals surface area (Å²) in [4.78, 5) is 22.5. The van der Waals surface area contributed by atoms with Gasteiger partial charge >= 0.3 is 6.16 Å². The molecule has 176 valence electrons. The van der Waals surface area contributed by atoms with Crippen LogP contribution in [-0.4, -0.2) is 59.0 Å². The van der Waals surface area contributed by atoms with Crippen LogP contribution in [0.4, 0.5) is 10.5 Å². The lowest BCUT2D eigenvalue weighted by Crippen LogP contribution is -2.63. The molecule has 4 rings (SSSR count). The van der Waals surface area contributed by atoms with Gasteiger partial charge in [-0.05, 0) is 52.7 Å². The monoisotopic (exact) mass is 453 g/mol. The molecule has 3 atom stereocenters. The SMILES string of the molecule is CC(C)(O)O[C@]1(COC(=O)Oc2ccc([N+](=O)[O-])cc2)OC[C@H]2OC(C)(C)O[C@H]2C12CC2. The molecule has 0 radical (unpaired) electrons. The van der Waals surface area contributed by atoms with E-state index < -0.39 is 33.9 Å². The van der Waals surface area contributed by atoms with Crippen LogP contribution in [0, 0.1) is 15.5 Å². The first kappa shape index (κ1) is 22.9. The van der Waals surface area contributed by atoms with Crippen LogP contribution in [0.1, 0.15) is 40.5 Å². The van der Waals surface area contributed by atoms with Gasteiger partial charge in [0, 0.05) is 12.1 Å². The quantitative estimate of drug-likeness (QED) is 0.225. The highest BCUT2D eigenvalue weighted by atomic mass is 16.8. The second-order valence-electron chi connectivity index (χ2n) is 9.26. The summed E-state index contributed by atoms with van der Waals surface area (Å²) in [5.74, 6) is -3.76. The van der Waals surface area contributed by atoms with Crippen molar-refractivity contribution in [3.8, 4) is 5.75 Å². The summed E-state index contributed by atoms with van der Waals surface area (Å²) in [6, 6.07) is 5.01. The van der Waals surface area contributed by atoms with Crippen LogP contribution in [0.25, 0.3) is 0 Å². The van der Waals surface area contributed by atoms with E-state index in [-0.39, 0.29) is 36.9 Å². The van der Waals surface area contributed by atoms with Gasteiger partial charge in [0.15, 0.2) is 11.6 Å². The second kappa shape index (κ2) is 7.63. The van der Waals surface area contributed by atoms with E-state index in [1.807, 2.05) is 13.8 Å². The molecule has 1 saturated carbocycles. The minimum Gasteiger partial charge on any atom is -0.428 e. The molecular weight excluding hydrogens is 426 g/mol. The first-order valence-electron chi connectivity index (χ1n) is 10.4. The number of hydrogen-bond donors (Lipinski definition) is 1. The van der Waals surface area contributed by atoms with Gasteiger partial charge in [0.25, 0.3) is 5.69 Å². The minimum atomic E-state index is -1.58. The molecule has 1 spiro atoms. The van der Waals surface area contributed by atoms with Crippen molar-refractivity contribution in [2.24, 2.45) is 5.41 Å². The van der Waals surface area contributed by atoms with Crippen molar-refractivity contribution in [2.75, 3.05) is 13.2 Å². The predicted molar refractivity (Wildman–Crippen MR) is 107 cm³/mol. The standard InChI is InChI=1S/C21H27NO10/c1-18(2,24)32-21(12-27-17(23)29-14-7-5-13(6-8-14)22(25)26)20(9-10-20)16-15(11-28-21)30-19(3,4)31-16/h5-8,15-16,24H,9-12H2,1-4H3/t15-,16-,21+/m1/s1. The third kappa shape index (κ3) is 4.30. The fourth-order valence-corrected chi connectivity index (χ4v) is 4.47. The zero-order chi connectivity index (χ0) is 23.4. The fourth-order valence-electron chi connectivity index (χ4n) is 4.47. The van der Waals surface area contributed by atoms with E-state index in [0.29, 0.717) is 12.8 Å². The van der Waals surface area contributed by atoms with E-state index in [9.17, 15) is 20.0 Å². The molecule has 1 aliphatic carbocycles. The van der Waals surface area contributed by atoms with E-state index >= 15 is 0 Å². The van der Waals surface area contributed by atoms with E-state index in [1.54, 1.807) is 0 Å². The lowest BCUT2D eigenvalue weighted by molar-refractivity contribution is -0.394. The maximum atomic E-state index is 12.3. The van der Waals surface area contributed by atoms with Gasteiger partial charge in [0.1, 0.15) is 24.6 Å². The Balaban J connectivity index is 1.49. The maximum Gasteiger partial charge on any atom is 0.514 e. The van der Waals surface area contributed by atoms with Crippen molar-refractivity contribution in [3.05, 3.63) is 34.4 Å². The zero-order valence-electron chi connectivity index (χ0n) is 18.4. The molecular formula is C21H27NO10. The summed E-state index contributed by atoms with van der Waals surface area (Å²) in [6.45, 7) is 6.34. The van der Waals surface area contributed by atoms with Crippen LogP contribution >= 0.6 is 0 Å². The molecule has 0 unspecified atom stereocenters. The molecule has 1 N–H and O–H groups in total. The van der Waals surface area contributed by atoms with Crippen LogP contribution in [0.5, 0.6) is 5.75 Å². The Hall–Kier alpha value is -2.31. The van der Waals surface area contributed by atoms with Gasteiger partial charge in [-0.25, -0.2) is 4.79 Å². The fraction of sp³-hybridized carbons (Fsp3) is 0.667. The van der Waals surface area contributed by atoms with Gasteiger partial charge in [0.2, 0.25) is 5.79 Å². The maximum absolute atomic E-state index is 12.3. The number of rotatable bonds is 6. The van der Waals surface area contributed by atoms with Gasteiger partial charge < -0.3 is 33.5 Å². The topological polar surface area (TPSA) is 136 Å². The third-order valence-corrected chi connectivity index (χ3v) is 5.80. The molecule has 2 aliphatic heterocycles. The molecule has 2 heterocycles. The Bertz CT molecular complexity index is 889. The summed E-state index contributed by atoms with van der Waals surface area (Å²) >= 11 is 0. The summed E-state index contributed by atoms with van der Waals surface area (Å²) < 4.78 is 34.6. The Labute approximate surface area is 184 Å². The number of carbonyl (C=O) groups is 1. The Morgan fingerprint density at radius 2 is 1.91 bits per heavy atom. The van der Waals surface area contributed by atoms with Crippen molar-refractivity contribution in [3.63, 3.8) is 0 Å². The summed E-state index contributed by atoms with van der Waals surface area (Å²) in [7, 11) is 0. The molecule has 1 aromatic rings. The minimum absolute atomic E-state index is 0.0816. The number of hydrogen-bond acceptors (Lipinski definition) is 10. The molecule has 11 nitrogen and oxygen atoms in total. The molecule has 32 heavy (non-hydrogen) atoms. The Morgan fingerprint density at radius 3 is 2.47 bits per heavy atom. The number of ether oxygens (including phenoxy) is 6. The van der Waals surface area contributed by atoms with E-state index in [2.05, 4.69) is 0 Å². The molecule has 0 amide bonds. The molecule has 3 aliphatic rings. The molecule has 0 aromatic heterocycles. The number of nitrogens with zero attached hydrogens (tertiary/aromatic N) is 1. The van der Waals surface area contributed by atoms with Crippen molar-refractivity contribution < 1.29 is 43.2 Å². The normalized spacial score (nSPS) is 29.9. The predicted octanol–water partition coefficient (Wildman–Crippen LogP) is 2.88. The van der Waals surface area contributed by atoms with Crippen molar-refractivity contribution >= 4 is 11.8 Å². The van der Waals surface area contributed by atoms with Crippen LogP contribution in [0.3, 0.4) is 0 Å². The lowest BCUT2D eigenvalue weighted by Gasteiger charge is -2.49. The number of nitro groups is 1. The highest BCUT2D eigenvalue weighted by Crippen LogP contribution is 2.65. The molecule has 1 aromatic carbocycles. The van der Waals surface area contributed by atoms with Crippen molar-refractivity contribution in [1.29, 1.82) is 0 Å². The molecule has 2 saturated heterocycles. The third-order valence-electron chi connectivity index (χ3n) is 5.80. The average Bonchev–Trinajstić information content (AvgIpc) is 3.41. The van der Waals surface area contributed by atoms with Gasteiger partial charge in [0.05, 0.1) is 16.9 Å². The second-order valence-corrected chi connectivity index (χ2v) is 9.26. The average molecular weight is 453 g/mol. The number of fused-ring (bicyclic) bond motifs is 2. The number of nitro benzene ring substituents is 1. The van der Waals surface area contributed by atoms with Crippen molar-refractivity contribution in [2.45, 2.75) is 70.1 Å². The number of benzene rings is 1. The van der Waals surface area contributed by atoms with Gasteiger partial charge in [-0.1, -0.05) is 0 Å². The van der Waals surface area contributed by atoms with Crippen LogP contribution in [0.15, 0.2) is 24.3 Å². The van der Waals surface area contributed by atoms with Crippen LogP contribution in [-0.2, 0) is 23.7 Å². The van der Waals surface area contributed by atoms with Gasteiger partial charge in [-0.15, -0.1) is 0 Å². The largest absolute Gasteiger partial charge is 0.514 e. The lowest BCUT2D eigenvalue weighted by atomic mass is 9.83. The summed E-state index contributed by atoms with van der Waals surface area (Å²) in [5, 5.41) is 21.2. The van der Waals surface area contributed by atoms with Crippen molar-refractivity contribution in [1.82, 2.24) is 0 Å². The molecule has 3 fully saturated rings. The highest BCUT2D eigenvalue weighted by Gasteiger charge is 2.74. The molecule has 0 bridgehead atoms. The smallest absolute Gasteiger partial charge is 0.428 e. The number of carbonyl (C=O) groups excluding carboxylic acids is 1. The van der Waals surface area contributed by atoms with E-state index in [1.165, 1.54) is 38.1 Å². The van der Waals surface area contributed by atoms with Crippen LogP contribution in [0.2, 0.25) is 0 Å². The van der Waals surface area contributed by atoms with Crippen LogP contribution < -0.4 is 4.74 Å². The molecule has 11 heteroatoms. The Kier molecular flexibility index (Phi) is 5.45. The van der Waals surface area contributed by atoms with Gasteiger partial charge in [-0.3, -0.25) is 10.1 Å². The Morgan fingerprint density at radius 1 is 1.25 bits per heavy atom. The highest BCUT2D eigenvalue weighted by molar-refractivity contribution is 5.64. The van der Waals surface area contributed by atoms with E-state index in [4.69, 9.17) is 28.4 Å². The summed E-state index contributed by atoms with van der Waals surface area (Å²) in [6.07, 6.45) is -0.362. The number of non-ortho nitro benzene ring substituents is 1. The first-order chi connectivity index (χ1) is 14.8. The first-order valence-corrected chi connectivity index (χ1v) is 10.4. The summed E-state index contributed by atoms with van der Waals surface area (Å²) in [5.41, 5.74) is -0.803. The van der Waals surface area contributed by atoms with E-state index in [0.717, 1.165) is 0 Å². The number of aliphatic hydroxyl groups is 1. The van der Waals surface area contributed by atoms with Gasteiger partial charge in [-0.2, -0.15) is 0 Å².